The van der Waals surface area contributed by atoms with Gasteiger partial charge in [0.15, 0.2) is 0 Å². The third-order valence-corrected chi connectivity index (χ3v) is 3.91. The maximum absolute atomic E-state index is 6.34. The van der Waals surface area contributed by atoms with Gasteiger partial charge in [-0.15, -0.1) is 0 Å². The van der Waals surface area contributed by atoms with Crippen molar-refractivity contribution in [2.75, 3.05) is 19.7 Å². The van der Waals surface area contributed by atoms with E-state index in [4.69, 9.17) is 22.1 Å². The van der Waals surface area contributed by atoms with Gasteiger partial charge in [-0.25, -0.2) is 0 Å². The van der Waals surface area contributed by atoms with Crippen LogP contribution in [0.5, 0.6) is 0 Å². The van der Waals surface area contributed by atoms with Crippen LogP contribution in [0.3, 0.4) is 0 Å². The third-order valence-electron chi connectivity index (χ3n) is 3.57. The van der Waals surface area contributed by atoms with Crippen molar-refractivity contribution in [1.29, 1.82) is 0 Å². The fourth-order valence-corrected chi connectivity index (χ4v) is 3.07. The molecule has 1 aliphatic heterocycles. The van der Waals surface area contributed by atoms with Crippen LogP contribution in [0.15, 0.2) is 24.3 Å². The maximum Gasteiger partial charge on any atom is 0.0753 e. The summed E-state index contributed by atoms with van der Waals surface area (Å²) in [5.74, 6) is 0. The first kappa shape index (κ1) is 14.8. The predicted octanol–water partition coefficient (Wildman–Crippen LogP) is 2.84. The van der Waals surface area contributed by atoms with E-state index in [0.29, 0.717) is 0 Å². The van der Waals surface area contributed by atoms with Gasteiger partial charge in [-0.05, 0) is 32.4 Å². The van der Waals surface area contributed by atoms with Crippen LogP contribution in [0.4, 0.5) is 0 Å². The van der Waals surface area contributed by atoms with Gasteiger partial charge in [0.1, 0.15) is 0 Å². The minimum atomic E-state index is -0.132. The van der Waals surface area contributed by atoms with Crippen molar-refractivity contribution in [2.24, 2.45) is 5.73 Å². The molecule has 106 valence electrons. The Morgan fingerprint density at radius 1 is 1.37 bits per heavy atom. The number of hydrogen-bond donors (Lipinski definition) is 1. The SMILES string of the molecule is CC(N)C(c1ccccc1Cl)N1CCOC(C)(C)C1. The van der Waals surface area contributed by atoms with E-state index < -0.39 is 0 Å². The molecule has 3 nitrogen and oxygen atoms in total. The summed E-state index contributed by atoms with van der Waals surface area (Å²) in [7, 11) is 0. The molecular weight excluding hydrogens is 260 g/mol. The normalized spacial score (nSPS) is 23.0. The Hall–Kier alpha value is -0.610. The van der Waals surface area contributed by atoms with Gasteiger partial charge < -0.3 is 10.5 Å². The molecule has 0 spiro atoms. The smallest absolute Gasteiger partial charge is 0.0753 e. The zero-order valence-electron chi connectivity index (χ0n) is 11.9. The molecule has 1 saturated heterocycles. The highest BCUT2D eigenvalue weighted by molar-refractivity contribution is 6.31. The molecule has 0 amide bonds. The van der Waals surface area contributed by atoms with Crippen LogP contribution in [0.25, 0.3) is 0 Å². The second-order valence-corrected chi connectivity index (χ2v) is 6.31. The third kappa shape index (κ3) is 3.48. The van der Waals surface area contributed by atoms with Crippen molar-refractivity contribution in [3.8, 4) is 0 Å². The number of morpholine rings is 1. The van der Waals surface area contributed by atoms with E-state index >= 15 is 0 Å². The minimum Gasteiger partial charge on any atom is -0.373 e. The summed E-state index contributed by atoms with van der Waals surface area (Å²) in [6.07, 6.45) is 0. The van der Waals surface area contributed by atoms with E-state index in [0.717, 1.165) is 30.3 Å². The van der Waals surface area contributed by atoms with Crippen LogP contribution < -0.4 is 5.73 Å². The lowest BCUT2D eigenvalue weighted by Gasteiger charge is -2.43. The van der Waals surface area contributed by atoms with Gasteiger partial charge in [0, 0.05) is 24.2 Å². The van der Waals surface area contributed by atoms with E-state index in [-0.39, 0.29) is 17.7 Å². The van der Waals surface area contributed by atoms with E-state index in [2.05, 4.69) is 24.8 Å². The Bertz CT molecular complexity index is 434. The van der Waals surface area contributed by atoms with Crippen molar-refractivity contribution in [3.05, 3.63) is 34.9 Å². The quantitative estimate of drug-likeness (QED) is 0.926. The predicted molar refractivity (Wildman–Crippen MR) is 79.4 cm³/mol. The molecule has 1 fully saturated rings. The van der Waals surface area contributed by atoms with Gasteiger partial charge in [-0.1, -0.05) is 29.8 Å². The summed E-state index contributed by atoms with van der Waals surface area (Å²) in [6, 6.07) is 8.12. The Labute approximate surface area is 120 Å². The monoisotopic (exact) mass is 282 g/mol. The first-order valence-corrected chi connectivity index (χ1v) is 7.16. The fraction of sp³-hybridized carbons (Fsp3) is 0.600. The second-order valence-electron chi connectivity index (χ2n) is 5.90. The molecule has 0 radical (unpaired) electrons. The van der Waals surface area contributed by atoms with E-state index in [9.17, 15) is 0 Å². The van der Waals surface area contributed by atoms with Crippen LogP contribution in [-0.2, 0) is 4.74 Å². The van der Waals surface area contributed by atoms with Gasteiger partial charge in [0.25, 0.3) is 0 Å². The summed E-state index contributed by atoms with van der Waals surface area (Å²) in [6.45, 7) is 8.76. The van der Waals surface area contributed by atoms with Crippen LogP contribution in [0, 0.1) is 0 Å². The summed E-state index contributed by atoms with van der Waals surface area (Å²) < 4.78 is 5.78. The molecule has 4 heteroatoms. The highest BCUT2D eigenvalue weighted by Gasteiger charge is 2.34. The Balaban J connectivity index is 2.28. The Morgan fingerprint density at radius 2 is 2.05 bits per heavy atom. The molecular formula is C15H23ClN2O. The highest BCUT2D eigenvalue weighted by atomic mass is 35.5. The molecule has 19 heavy (non-hydrogen) atoms. The molecule has 2 N–H and O–H groups in total. The molecule has 0 bridgehead atoms. The minimum absolute atomic E-state index is 0.0220. The number of rotatable bonds is 3. The molecule has 0 aliphatic carbocycles. The summed E-state index contributed by atoms with van der Waals surface area (Å²) in [5, 5.41) is 0.786. The molecule has 1 aromatic rings. The zero-order valence-corrected chi connectivity index (χ0v) is 12.7. The van der Waals surface area contributed by atoms with Crippen molar-refractivity contribution in [2.45, 2.75) is 38.5 Å². The van der Waals surface area contributed by atoms with Gasteiger partial charge in [-0.3, -0.25) is 4.90 Å². The summed E-state index contributed by atoms with van der Waals surface area (Å²) >= 11 is 6.34. The van der Waals surface area contributed by atoms with E-state index in [1.54, 1.807) is 0 Å². The lowest BCUT2D eigenvalue weighted by molar-refractivity contribution is -0.0995. The number of nitrogens with two attached hydrogens (primary N) is 1. The molecule has 1 aliphatic rings. The highest BCUT2D eigenvalue weighted by Crippen LogP contribution is 2.32. The average Bonchev–Trinajstić information content (AvgIpc) is 2.30. The van der Waals surface area contributed by atoms with Crippen molar-refractivity contribution < 1.29 is 4.74 Å². The molecule has 2 unspecified atom stereocenters. The van der Waals surface area contributed by atoms with Crippen LogP contribution in [0.1, 0.15) is 32.4 Å². The largest absolute Gasteiger partial charge is 0.373 e. The molecule has 1 heterocycles. The lowest BCUT2D eigenvalue weighted by Crippen LogP contribution is -2.52. The zero-order chi connectivity index (χ0) is 14.0. The molecule has 2 atom stereocenters. The summed E-state index contributed by atoms with van der Waals surface area (Å²) in [4.78, 5) is 2.38. The average molecular weight is 283 g/mol. The number of hydrogen-bond acceptors (Lipinski definition) is 3. The van der Waals surface area contributed by atoms with Crippen LogP contribution >= 0.6 is 11.6 Å². The molecule has 0 saturated carbocycles. The Morgan fingerprint density at radius 3 is 2.63 bits per heavy atom. The molecule has 0 aromatic heterocycles. The van der Waals surface area contributed by atoms with Crippen molar-refractivity contribution >= 4 is 11.6 Å². The van der Waals surface area contributed by atoms with E-state index in [1.165, 1.54) is 0 Å². The lowest BCUT2D eigenvalue weighted by atomic mass is 9.96. The van der Waals surface area contributed by atoms with E-state index in [1.807, 2.05) is 25.1 Å². The number of nitrogens with zero attached hydrogens (tertiary/aromatic N) is 1. The van der Waals surface area contributed by atoms with Crippen molar-refractivity contribution in [3.63, 3.8) is 0 Å². The first-order chi connectivity index (χ1) is 8.91. The van der Waals surface area contributed by atoms with Gasteiger partial charge in [0.2, 0.25) is 0 Å². The summed E-state index contributed by atoms with van der Waals surface area (Å²) in [5.41, 5.74) is 7.19. The number of benzene rings is 1. The maximum atomic E-state index is 6.34. The number of ether oxygens (including phenoxy) is 1. The van der Waals surface area contributed by atoms with Gasteiger partial charge in [-0.2, -0.15) is 0 Å². The standard InChI is InChI=1S/C15H23ClN2O/c1-11(17)14(12-6-4-5-7-13(12)16)18-8-9-19-15(2,3)10-18/h4-7,11,14H,8-10,17H2,1-3H3. The first-order valence-electron chi connectivity index (χ1n) is 6.79. The topological polar surface area (TPSA) is 38.5 Å². The molecule has 2 rings (SSSR count). The fourth-order valence-electron chi connectivity index (χ4n) is 2.82. The Kier molecular flexibility index (Phi) is 4.51. The van der Waals surface area contributed by atoms with Crippen LogP contribution in [0.2, 0.25) is 5.02 Å². The van der Waals surface area contributed by atoms with Crippen LogP contribution in [-0.4, -0.2) is 36.2 Å². The van der Waals surface area contributed by atoms with Crippen molar-refractivity contribution in [1.82, 2.24) is 4.90 Å². The molecule has 1 aromatic carbocycles. The van der Waals surface area contributed by atoms with Gasteiger partial charge >= 0.3 is 0 Å². The van der Waals surface area contributed by atoms with Gasteiger partial charge in [0.05, 0.1) is 18.2 Å². The number of halogens is 1. The second kappa shape index (κ2) is 5.80.